The van der Waals surface area contributed by atoms with Gasteiger partial charge in [0.2, 0.25) is 0 Å². The van der Waals surface area contributed by atoms with Crippen LogP contribution >= 0.6 is 0 Å². The first-order valence-electron chi connectivity index (χ1n) is 7.07. The van der Waals surface area contributed by atoms with Gasteiger partial charge in [-0.3, -0.25) is 9.69 Å². The number of aromatic nitrogens is 1. The van der Waals surface area contributed by atoms with Crippen molar-refractivity contribution in [3.63, 3.8) is 0 Å². The van der Waals surface area contributed by atoms with Crippen molar-refractivity contribution >= 4 is 5.97 Å². The van der Waals surface area contributed by atoms with Crippen LogP contribution in [0.5, 0.6) is 0 Å². The smallest absolute Gasteiger partial charge is 0.313 e. The van der Waals surface area contributed by atoms with Gasteiger partial charge in [0.1, 0.15) is 0 Å². The number of hydrogen-bond donors (Lipinski definition) is 0. The van der Waals surface area contributed by atoms with Crippen LogP contribution in [0.25, 0.3) is 0 Å². The highest BCUT2D eigenvalue weighted by molar-refractivity contribution is 5.78. The summed E-state index contributed by atoms with van der Waals surface area (Å²) in [7, 11) is 3.59. The summed E-state index contributed by atoms with van der Waals surface area (Å²) in [5, 5.41) is 0. The van der Waals surface area contributed by atoms with Crippen LogP contribution in [-0.2, 0) is 23.1 Å². The molecular formula is C15H22N2O2. The lowest BCUT2D eigenvalue weighted by Crippen LogP contribution is -2.36. The minimum atomic E-state index is -0.222. The van der Waals surface area contributed by atoms with E-state index in [1.54, 1.807) is 0 Å². The van der Waals surface area contributed by atoms with Crippen molar-refractivity contribution in [2.45, 2.75) is 25.8 Å². The quantitative estimate of drug-likeness (QED) is 0.779. The van der Waals surface area contributed by atoms with E-state index in [4.69, 9.17) is 4.74 Å². The van der Waals surface area contributed by atoms with Gasteiger partial charge < -0.3 is 9.30 Å². The van der Waals surface area contributed by atoms with Crippen molar-refractivity contribution in [2.75, 3.05) is 20.2 Å². The predicted molar refractivity (Wildman–Crippen MR) is 72.5 cm³/mol. The molecule has 1 saturated carbocycles. The van der Waals surface area contributed by atoms with Crippen LogP contribution < -0.4 is 0 Å². The first kappa shape index (κ1) is 12.7. The lowest BCUT2D eigenvalue weighted by molar-refractivity contribution is -0.153. The maximum atomic E-state index is 12.2. The van der Waals surface area contributed by atoms with E-state index in [1.165, 1.54) is 19.2 Å². The Hall–Kier alpha value is -1.29. The number of carbonyl (C=O) groups excluding carboxylic acids is 1. The molecule has 1 saturated heterocycles. The Morgan fingerprint density at radius 3 is 3.11 bits per heavy atom. The number of methoxy groups -OCH3 is 1. The zero-order valence-electron chi connectivity index (χ0n) is 11.8. The van der Waals surface area contributed by atoms with E-state index in [0.717, 1.165) is 32.5 Å². The van der Waals surface area contributed by atoms with Gasteiger partial charge in [-0.15, -0.1) is 0 Å². The van der Waals surface area contributed by atoms with Crippen molar-refractivity contribution in [3.8, 4) is 0 Å². The summed E-state index contributed by atoms with van der Waals surface area (Å²) in [6.45, 7) is 2.81. The summed E-state index contributed by atoms with van der Waals surface area (Å²) >= 11 is 0. The van der Waals surface area contributed by atoms with Crippen LogP contribution in [0.2, 0.25) is 0 Å². The van der Waals surface area contributed by atoms with E-state index in [9.17, 15) is 4.79 Å². The van der Waals surface area contributed by atoms with Crippen LogP contribution in [0.15, 0.2) is 18.3 Å². The van der Waals surface area contributed by atoms with Gasteiger partial charge in [0.15, 0.2) is 0 Å². The standard InChI is InChI=1S/C15H22N2O2/c1-16-8-4-6-13(16)10-17-9-12-5-3-7-15(12,11-17)14(18)19-2/h4,6,8,12H,3,5,7,9-11H2,1-2H3/t12-,15-/m1/s1. The number of hydrogen-bond acceptors (Lipinski definition) is 3. The second-order valence-electron chi connectivity index (χ2n) is 6.02. The van der Waals surface area contributed by atoms with E-state index < -0.39 is 0 Å². The monoisotopic (exact) mass is 262 g/mol. The van der Waals surface area contributed by atoms with Crippen molar-refractivity contribution in [1.29, 1.82) is 0 Å². The zero-order chi connectivity index (χ0) is 13.5. The molecule has 4 heteroatoms. The highest BCUT2D eigenvalue weighted by Crippen LogP contribution is 2.49. The average molecular weight is 262 g/mol. The van der Waals surface area contributed by atoms with Gasteiger partial charge in [0, 0.05) is 38.6 Å². The van der Waals surface area contributed by atoms with Crippen LogP contribution in [0.4, 0.5) is 0 Å². The molecule has 4 nitrogen and oxygen atoms in total. The van der Waals surface area contributed by atoms with E-state index in [2.05, 4.69) is 34.8 Å². The molecule has 0 spiro atoms. The molecule has 0 amide bonds. The predicted octanol–water partition coefficient (Wildman–Crippen LogP) is 1.80. The summed E-state index contributed by atoms with van der Waals surface area (Å²) in [6, 6.07) is 4.22. The van der Waals surface area contributed by atoms with Gasteiger partial charge >= 0.3 is 5.97 Å². The lowest BCUT2D eigenvalue weighted by Gasteiger charge is -2.25. The third-order valence-corrected chi connectivity index (χ3v) is 4.97. The Morgan fingerprint density at radius 1 is 1.58 bits per heavy atom. The number of aryl methyl sites for hydroxylation is 1. The molecule has 1 aliphatic carbocycles. The van der Waals surface area contributed by atoms with Crippen molar-refractivity contribution < 1.29 is 9.53 Å². The fourth-order valence-electron chi connectivity index (χ4n) is 3.94. The summed E-state index contributed by atoms with van der Waals surface area (Å²) in [6.07, 6.45) is 5.40. The third kappa shape index (κ3) is 1.98. The summed E-state index contributed by atoms with van der Waals surface area (Å²) in [5.74, 6) is 0.490. The molecule has 19 heavy (non-hydrogen) atoms. The second kappa shape index (κ2) is 4.67. The molecule has 3 rings (SSSR count). The maximum absolute atomic E-state index is 12.2. The fraction of sp³-hybridized carbons (Fsp3) is 0.667. The molecule has 2 fully saturated rings. The van der Waals surface area contributed by atoms with Crippen LogP contribution in [0.1, 0.15) is 25.0 Å². The maximum Gasteiger partial charge on any atom is 0.313 e. The number of carbonyl (C=O) groups is 1. The number of esters is 1. The van der Waals surface area contributed by atoms with Crippen molar-refractivity contribution in [2.24, 2.45) is 18.4 Å². The average Bonchev–Trinajstić information content (AvgIpc) is 3.04. The lowest BCUT2D eigenvalue weighted by atomic mass is 9.81. The minimum absolute atomic E-state index is 0.00406. The van der Waals surface area contributed by atoms with E-state index in [1.807, 2.05) is 0 Å². The van der Waals surface area contributed by atoms with Gasteiger partial charge in [-0.25, -0.2) is 0 Å². The molecule has 0 radical (unpaired) electrons. The van der Waals surface area contributed by atoms with Crippen LogP contribution in [-0.4, -0.2) is 35.6 Å². The fourth-order valence-corrected chi connectivity index (χ4v) is 3.94. The van der Waals surface area contributed by atoms with E-state index in [-0.39, 0.29) is 11.4 Å². The molecule has 0 N–H and O–H groups in total. The molecule has 1 aliphatic heterocycles. The van der Waals surface area contributed by atoms with Gasteiger partial charge in [-0.2, -0.15) is 0 Å². The van der Waals surface area contributed by atoms with E-state index >= 15 is 0 Å². The molecule has 0 bridgehead atoms. The number of fused-ring (bicyclic) bond motifs is 1. The van der Waals surface area contributed by atoms with Gasteiger partial charge in [0.25, 0.3) is 0 Å². The van der Waals surface area contributed by atoms with Crippen molar-refractivity contribution in [3.05, 3.63) is 24.0 Å². The summed E-state index contributed by atoms with van der Waals surface area (Å²) in [5.41, 5.74) is 1.08. The summed E-state index contributed by atoms with van der Waals surface area (Å²) < 4.78 is 7.23. The number of ether oxygens (including phenoxy) is 1. The van der Waals surface area contributed by atoms with E-state index in [0.29, 0.717) is 5.92 Å². The van der Waals surface area contributed by atoms with Gasteiger partial charge in [-0.05, 0) is 30.9 Å². The van der Waals surface area contributed by atoms with Crippen molar-refractivity contribution in [1.82, 2.24) is 9.47 Å². The highest BCUT2D eigenvalue weighted by atomic mass is 16.5. The SMILES string of the molecule is COC(=O)[C@@]12CCC[C@@H]1CN(Cc1cccn1C)C2. The Labute approximate surface area is 114 Å². The molecule has 0 unspecified atom stereocenters. The Morgan fingerprint density at radius 2 is 2.42 bits per heavy atom. The van der Waals surface area contributed by atoms with Crippen LogP contribution in [0, 0.1) is 11.3 Å². The molecule has 2 heterocycles. The normalized spacial score (nSPS) is 30.5. The molecule has 1 aromatic rings. The molecule has 104 valence electrons. The Balaban J connectivity index is 1.75. The van der Waals surface area contributed by atoms with Gasteiger partial charge in [0.05, 0.1) is 12.5 Å². The number of nitrogens with zero attached hydrogens (tertiary/aromatic N) is 2. The Kier molecular flexibility index (Phi) is 3.13. The summed E-state index contributed by atoms with van der Waals surface area (Å²) in [4.78, 5) is 14.6. The third-order valence-electron chi connectivity index (χ3n) is 4.97. The first-order valence-corrected chi connectivity index (χ1v) is 7.07. The topological polar surface area (TPSA) is 34.5 Å². The van der Waals surface area contributed by atoms with Gasteiger partial charge in [-0.1, -0.05) is 6.42 Å². The van der Waals surface area contributed by atoms with Crippen LogP contribution in [0.3, 0.4) is 0 Å². The Bertz CT molecular complexity index is 482. The second-order valence-corrected chi connectivity index (χ2v) is 6.02. The highest BCUT2D eigenvalue weighted by Gasteiger charge is 2.55. The molecule has 0 aromatic carbocycles. The molecular weight excluding hydrogens is 240 g/mol. The molecule has 1 aromatic heterocycles. The largest absolute Gasteiger partial charge is 0.469 e. The zero-order valence-corrected chi connectivity index (χ0v) is 11.8. The number of rotatable bonds is 3. The number of likely N-dealkylation sites (tertiary alicyclic amines) is 1. The first-order chi connectivity index (χ1) is 9.15. The molecule has 2 atom stereocenters. The minimum Gasteiger partial charge on any atom is -0.469 e. The molecule has 2 aliphatic rings.